The van der Waals surface area contributed by atoms with Crippen LogP contribution in [0.4, 0.5) is 5.69 Å². The summed E-state index contributed by atoms with van der Waals surface area (Å²) in [7, 11) is 1.69. The highest BCUT2D eigenvalue weighted by molar-refractivity contribution is 5.38. The summed E-state index contributed by atoms with van der Waals surface area (Å²) in [6, 6.07) is 4.16. The number of aromatic nitrogens is 2. The molecular formula is C15H21N3O2. The van der Waals surface area contributed by atoms with Gasteiger partial charge in [-0.2, -0.15) is 5.10 Å². The van der Waals surface area contributed by atoms with Crippen LogP contribution in [0.2, 0.25) is 0 Å². The first-order chi connectivity index (χ1) is 9.76. The Bertz CT molecular complexity index is 561. The summed E-state index contributed by atoms with van der Waals surface area (Å²) in [5.41, 5.74) is 0.999. The Balaban J connectivity index is 1.51. The van der Waals surface area contributed by atoms with Crippen molar-refractivity contribution in [3.8, 4) is 0 Å². The Morgan fingerprint density at radius 2 is 2.35 bits per heavy atom. The monoisotopic (exact) mass is 275 g/mol. The molecule has 5 nitrogen and oxygen atoms in total. The van der Waals surface area contributed by atoms with Crippen molar-refractivity contribution >= 4 is 5.69 Å². The summed E-state index contributed by atoms with van der Waals surface area (Å²) in [6.45, 7) is 4.39. The average Bonchev–Trinajstić information content (AvgIpc) is 2.89. The van der Waals surface area contributed by atoms with Gasteiger partial charge in [0.25, 0.3) is 0 Å². The van der Waals surface area contributed by atoms with E-state index in [-0.39, 0.29) is 0 Å². The van der Waals surface area contributed by atoms with Crippen LogP contribution in [-0.4, -0.2) is 23.5 Å². The van der Waals surface area contributed by atoms with E-state index < -0.39 is 0 Å². The third-order valence-electron chi connectivity index (χ3n) is 3.78. The number of nitrogens with zero attached hydrogens (tertiary/aromatic N) is 2. The van der Waals surface area contributed by atoms with Crippen LogP contribution < -0.4 is 5.32 Å². The van der Waals surface area contributed by atoms with Gasteiger partial charge in [0.1, 0.15) is 11.5 Å². The van der Waals surface area contributed by atoms with Gasteiger partial charge in [0.15, 0.2) is 0 Å². The van der Waals surface area contributed by atoms with Crippen molar-refractivity contribution < 1.29 is 9.15 Å². The highest BCUT2D eigenvalue weighted by Gasteiger charge is 2.36. The largest absolute Gasteiger partial charge is 0.464 e. The summed E-state index contributed by atoms with van der Waals surface area (Å²) < 4.78 is 12.8. The van der Waals surface area contributed by atoms with Crippen LogP contribution in [0.1, 0.15) is 30.8 Å². The molecule has 1 N–H and O–H groups in total. The first kappa shape index (κ1) is 13.2. The second-order valence-electron chi connectivity index (χ2n) is 5.46. The van der Waals surface area contributed by atoms with Gasteiger partial charge in [0.05, 0.1) is 31.6 Å². The van der Waals surface area contributed by atoms with Crippen molar-refractivity contribution in [1.82, 2.24) is 9.78 Å². The highest BCUT2D eigenvalue weighted by Crippen LogP contribution is 2.47. The number of furan rings is 1. The molecule has 0 bridgehead atoms. The lowest BCUT2D eigenvalue weighted by molar-refractivity contribution is 0.183. The molecule has 2 aromatic rings. The fraction of sp³-hybridized carbons (Fsp3) is 0.533. The van der Waals surface area contributed by atoms with E-state index in [9.17, 15) is 0 Å². The molecule has 0 aromatic carbocycles. The molecule has 0 saturated heterocycles. The van der Waals surface area contributed by atoms with Gasteiger partial charge in [-0.1, -0.05) is 6.92 Å². The van der Waals surface area contributed by atoms with E-state index in [1.54, 1.807) is 7.11 Å². The van der Waals surface area contributed by atoms with E-state index in [1.807, 2.05) is 17.1 Å². The number of anilines is 1. The predicted octanol–water partition coefficient (Wildman–Crippen LogP) is 2.86. The molecule has 0 aliphatic heterocycles. The maximum absolute atomic E-state index is 5.86. The third kappa shape index (κ3) is 3.04. The molecule has 0 amide bonds. The van der Waals surface area contributed by atoms with Crippen LogP contribution in [0, 0.1) is 5.92 Å². The van der Waals surface area contributed by atoms with E-state index in [1.165, 1.54) is 6.42 Å². The van der Waals surface area contributed by atoms with Gasteiger partial charge in [-0.3, -0.25) is 4.68 Å². The van der Waals surface area contributed by atoms with Gasteiger partial charge in [-0.15, -0.1) is 0 Å². The summed E-state index contributed by atoms with van der Waals surface area (Å²) in [4.78, 5) is 0. The van der Waals surface area contributed by atoms with Crippen molar-refractivity contribution in [1.29, 1.82) is 0 Å². The molecule has 2 heterocycles. The molecule has 1 fully saturated rings. The predicted molar refractivity (Wildman–Crippen MR) is 76.7 cm³/mol. The van der Waals surface area contributed by atoms with Gasteiger partial charge in [0, 0.05) is 19.2 Å². The SMILES string of the molecule is COCCn1cc(NCc2ccc(C3CC3C)o2)cn1. The molecule has 2 unspecified atom stereocenters. The lowest BCUT2D eigenvalue weighted by Gasteiger charge is -2.01. The van der Waals surface area contributed by atoms with Crippen LogP contribution in [0.3, 0.4) is 0 Å². The van der Waals surface area contributed by atoms with Crippen molar-refractivity contribution in [3.05, 3.63) is 36.0 Å². The fourth-order valence-corrected chi connectivity index (χ4v) is 2.36. The van der Waals surface area contributed by atoms with Gasteiger partial charge in [-0.25, -0.2) is 0 Å². The molecule has 3 rings (SSSR count). The normalized spacial score (nSPS) is 21.1. The number of methoxy groups -OCH3 is 1. The van der Waals surface area contributed by atoms with Gasteiger partial charge >= 0.3 is 0 Å². The minimum Gasteiger partial charge on any atom is -0.464 e. The summed E-state index contributed by atoms with van der Waals surface area (Å²) in [6.07, 6.45) is 5.06. The average molecular weight is 275 g/mol. The zero-order chi connectivity index (χ0) is 13.9. The van der Waals surface area contributed by atoms with E-state index in [0.29, 0.717) is 19.1 Å². The molecular weight excluding hydrogens is 254 g/mol. The molecule has 2 aromatic heterocycles. The van der Waals surface area contributed by atoms with Crippen LogP contribution in [0.25, 0.3) is 0 Å². The summed E-state index contributed by atoms with van der Waals surface area (Å²) >= 11 is 0. The molecule has 0 radical (unpaired) electrons. The number of hydrogen-bond donors (Lipinski definition) is 1. The van der Waals surface area contributed by atoms with Crippen LogP contribution >= 0.6 is 0 Å². The zero-order valence-corrected chi connectivity index (χ0v) is 12.0. The van der Waals surface area contributed by atoms with Crippen molar-refractivity contribution in [2.45, 2.75) is 32.4 Å². The second-order valence-corrected chi connectivity index (χ2v) is 5.46. The quantitative estimate of drug-likeness (QED) is 0.844. The molecule has 108 valence electrons. The first-order valence-corrected chi connectivity index (χ1v) is 7.10. The molecule has 1 aliphatic carbocycles. The third-order valence-corrected chi connectivity index (χ3v) is 3.78. The van der Waals surface area contributed by atoms with E-state index in [4.69, 9.17) is 9.15 Å². The van der Waals surface area contributed by atoms with E-state index >= 15 is 0 Å². The Kier molecular flexibility index (Phi) is 3.78. The lowest BCUT2D eigenvalue weighted by Crippen LogP contribution is -2.04. The molecule has 0 spiro atoms. The Hall–Kier alpha value is -1.75. The Morgan fingerprint density at radius 1 is 1.50 bits per heavy atom. The Morgan fingerprint density at radius 3 is 3.10 bits per heavy atom. The maximum Gasteiger partial charge on any atom is 0.123 e. The summed E-state index contributed by atoms with van der Waals surface area (Å²) in [5.74, 6) is 3.52. The minimum absolute atomic E-state index is 0.639. The van der Waals surface area contributed by atoms with Gasteiger partial charge < -0.3 is 14.5 Å². The molecule has 5 heteroatoms. The highest BCUT2D eigenvalue weighted by atomic mass is 16.5. The topological polar surface area (TPSA) is 52.2 Å². The standard InChI is InChI=1S/C15H21N3O2/c1-11-7-14(11)15-4-3-13(20-15)9-16-12-8-17-18(10-12)5-6-19-2/h3-4,8,10-11,14,16H,5-7,9H2,1-2H3. The first-order valence-electron chi connectivity index (χ1n) is 7.10. The van der Waals surface area contributed by atoms with Crippen LogP contribution in [0.15, 0.2) is 28.9 Å². The Labute approximate surface area is 118 Å². The second kappa shape index (κ2) is 5.71. The van der Waals surface area contributed by atoms with Gasteiger partial charge in [-0.05, 0) is 24.5 Å². The summed E-state index contributed by atoms with van der Waals surface area (Å²) in [5, 5.41) is 7.59. The maximum atomic E-state index is 5.86. The number of hydrogen-bond acceptors (Lipinski definition) is 4. The van der Waals surface area contributed by atoms with E-state index in [2.05, 4.69) is 29.5 Å². The molecule has 20 heavy (non-hydrogen) atoms. The van der Waals surface area contributed by atoms with Crippen molar-refractivity contribution in [3.63, 3.8) is 0 Å². The zero-order valence-electron chi connectivity index (χ0n) is 12.0. The van der Waals surface area contributed by atoms with Crippen LogP contribution in [-0.2, 0) is 17.8 Å². The molecule has 1 saturated carbocycles. The van der Waals surface area contributed by atoms with Crippen LogP contribution in [0.5, 0.6) is 0 Å². The number of nitrogens with one attached hydrogen (secondary N) is 1. The minimum atomic E-state index is 0.639. The smallest absolute Gasteiger partial charge is 0.123 e. The number of ether oxygens (including phenoxy) is 1. The lowest BCUT2D eigenvalue weighted by atomic mass is 10.3. The molecule has 1 aliphatic rings. The molecule has 2 atom stereocenters. The fourth-order valence-electron chi connectivity index (χ4n) is 2.36. The van der Waals surface area contributed by atoms with Gasteiger partial charge in [0.2, 0.25) is 0 Å². The number of rotatable bonds is 7. The van der Waals surface area contributed by atoms with Crippen molar-refractivity contribution in [2.75, 3.05) is 19.0 Å². The van der Waals surface area contributed by atoms with Crippen molar-refractivity contribution in [2.24, 2.45) is 5.92 Å². The van der Waals surface area contributed by atoms with E-state index in [0.717, 1.165) is 29.7 Å².